The van der Waals surface area contributed by atoms with Crippen LogP contribution in [0.3, 0.4) is 0 Å². The molecule has 1 heterocycles. The highest BCUT2D eigenvalue weighted by atomic mass is 35.5. The number of carbonyl (C=O) groups is 1. The van der Waals surface area contributed by atoms with Crippen molar-refractivity contribution >= 4 is 18.3 Å². The number of carbonyl (C=O) groups excluding carboxylic acids is 1. The van der Waals surface area contributed by atoms with Crippen molar-refractivity contribution in [2.75, 3.05) is 19.7 Å². The van der Waals surface area contributed by atoms with Gasteiger partial charge >= 0.3 is 0 Å². The number of halogens is 1. The molecule has 0 aromatic heterocycles. The molecule has 0 radical (unpaired) electrons. The van der Waals surface area contributed by atoms with E-state index in [4.69, 9.17) is 10.5 Å². The Kier molecular flexibility index (Phi) is 6.31. The second-order valence-corrected chi connectivity index (χ2v) is 6.73. The fraction of sp³-hybridized carbons (Fsp3) is 0.611. The van der Waals surface area contributed by atoms with Crippen LogP contribution in [0.25, 0.3) is 0 Å². The molecule has 128 valence electrons. The van der Waals surface area contributed by atoms with Crippen molar-refractivity contribution in [3.8, 4) is 5.75 Å². The zero-order chi connectivity index (χ0) is 15.5. The zero-order valence-electron chi connectivity index (χ0n) is 13.7. The lowest BCUT2D eigenvalue weighted by atomic mass is 9.78. The number of rotatable bonds is 4. The van der Waals surface area contributed by atoms with E-state index in [0.717, 1.165) is 25.3 Å². The summed E-state index contributed by atoms with van der Waals surface area (Å²) in [7, 11) is 0. The first kappa shape index (κ1) is 18.1. The molecule has 2 aliphatic rings. The maximum atomic E-state index is 12.4. The van der Waals surface area contributed by atoms with Crippen LogP contribution in [0.1, 0.15) is 31.2 Å². The van der Waals surface area contributed by atoms with Crippen molar-refractivity contribution < 1.29 is 9.53 Å². The van der Waals surface area contributed by atoms with Crippen LogP contribution in [0.4, 0.5) is 0 Å². The van der Waals surface area contributed by atoms with Crippen LogP contribution < -0.4 is 10.5 Å². The van der Waals surface area contributed by atoms with Gasteiger partial charge in [-0.15, -0.1) is 12.4 Å². The van der Waals surface area contributed by atoms with E-state index >= 15 is 0 Å². The number of likely N-dealkylation sites (tertiary alicyclic amines) is 1. The van der Waals surface area contributed by atoms with E-state index in [1.807, 2.05) is 36.1 Å². The molecular weight excluding hydrogens is 312 g/mol. The standard InChI is InChI=1S/C18H26N2O2.ClH/c1-13-4-2-6-15(10-13)22-9-8-18(21)20-11-14-5-3-7-17(19)16(14)12-20;/h2,4,6,10,14,16-17H,3,5,7-9,11-12,19H2,1H3;1H. The molecule has 1 saturated heterocycles. The molecule has 1 aliphatic heterocycles. The molecule has 2 N–H and O–H groups in total. The quantitative estimate of drug-likeness (QED) is 0.918. The Hall–Kier alpha value is -1.26. The van der Waals surface area contributed by atoms with Crippen LogP contribution >= 0.6 is 12.4 Å². The van der Waals surface area contributed by atoms with Gasteiger partial charge < -0.3 is 15.4 Å². The maximum absolute atomic E-state index is 12.4. The van der Waals surface area contributed by atoms with Crippen molar-refractivity contribution in [3.05, 3.63) is 29.8 Å². The molecule has 1 aromatic carbocycles. The topological polar surface area (TPSA) is 55.6 Å². The van der Waals surface area contributed by atoms with Gasteiger partial charge in [0, 0.05) is 19.1 Å². The van der Waals surface area contributed by atoms with Gasteiger partial charge in [0.1, 0.15) is 5.75 Å². The number of benzene rings is 1. The summed E-state index contributed by atoms with van der Waals surface area (Å²) in [5.41, 5.74) is 7.38. The summed E-state index contributed by atoms with van der Waals surface area (Å²) in [6, 6.07) is 8.21. The average molecular weight is 339 g/mol. The van der Waals surface area contributed by atoms with Gasteiger partial charge in [-0.05, 0) is 49.3 Å². The van der Waals surface area contributed by atoms with Gasteiger partial charge in [0.05, 0.1) is 13.0 Å². The van der Waals surface area contributed by atoms with Gasteiger partial charge in [-0.25, -0.2) is 0 Å². The Morgan fingerprint density at radius 2 is 2.17 bits per heavy atom. The van der Waals surface area contributed by atoms with Crippen LogP contribution in [-0.2, 0) is 4.79 Å². The molecule has 3 unspecified atom stereocenters. The van der Waals surface area contributed by atoms with E-state index in [1.54, 1.807) is 0 Å². The van der Waals surface area contributed by atoms with Crippen molar-refractivity contribution in [2.45, 2.75) is 38.6 Å². The monoisotopic (exact) mass is 338 g/mol. The van der Waals surface area contributed by atoms with Gasteiger partial charge in [0.25, 0.3) is 0 Å². The van der Waals surface area contributed by atoms with E-state index in [9.17, 15) is 4.79 Å². The Labute approximate surface area is 144 Å². The number of nitrogens with zero attached hydrogens (tertiary/aromatic N) is 1. The fourth-order valence-electron chi connectivity index (χ4n) is 3.84. The Morgan fingerprint density at radius 1 is 1.35 bits per heavy atom. The molecule has 1 amide bonds. The van der Waals surface area contributed by atoms with Crippen LogP contribution in [0, 0.1) is 18.8 Å². The molecule has 0 spiro atoms. The molecule has 4 nitrogen and oxygen atoms in total. The van der Waals surface area contributed by atoms with Gasteiger partial charge in [0.15, 0.2) is 0 Å². The van der Waals surface area contributed by atoms with Crippen molar-refractivity contribution in [1.29, 1.82) is 0 Å². The second kappa shape index (κ2) is 8.02. The lowest BCUT2D eigenvalue weighted by molar-refractivity contribution is -0.130. The number of amides is 1. The smallest absolute Gasteiger partial charge is 0.226 e. The van der Waals surface area contributed by atoms with Crippen LogP contribution in [0.2, 0.25) is 0 Å². The Bertz CT molecular complexity index is 538. The normalized spacial score (nSPS) is 26.3. The van der Waals surface area contributed by atoms with E-state index in [-0.39, 0.29) is 24.4 Å². The first-order valence-electron chi connectivity index (χ1n) is 8.36. The summed E-state index contributed by atoms with van der Waals surface area (Å²) in [5, 5.41) is 0. The predicted octanol–water partition coefficient (Wildman–Crippen LogP) is 2.77. The van der Waals surface area contributed by atoms with E-state index in [0.29, 0.717) is 24.9 Å². The minimum atomic E-state index is 0. The third-order valence-corrected chi connectivity index (χ3v) is 5.08. The molecule has 3 atom stereocenters. The lowest BCUT2D eigenvalue weighted by Gasteiger charge is -2.29. The third kappa shape index (κ3) is 4.39. The summed E-state index contributed by atoms with van der Waals surface area (Å²) in [6.07, 6.45) is 3.99. The molecule has 1 aromatic rings. The lowest BCUT2D eigenvalue weighted by Crippen LogP contribution is -2.38. The minimum absolute atomic E-state index is 0. The van der Waals surface area contributed by atoms with Gasteiger partial charge in [0.2, 0.25) is 5.91 Å². The minimum Gasteiger partial charge on any atom is -0.493 e. The zero-order valence-corrected chi connectivity index (χ0v) is 14.6. The molecule has 2 fully saturated rings. The highest BCUT2D eigenvalue weighted by molar-refractivity contribution is 5.85. The van der Waals surface area contributed by atoms with Crippen molar-refractivity contribution in [2.24, 2.45) is 17.6 Å². The number of ether oxygens (including phenoxy) is 1. The summed E-state index contributed by atoms with van der Waals surface area (Å²) >= 11 is 0. The molecule has 3 rings (SSSR count). The number of hydrogen-bond donors (Lipinski definition) is 1. The molecule has 5 heteroatoms. The van der Waals surface area contributed by atoms with Crippen LogP contribution in [0.5, 0.6) is 5.75 Å². The number of fused-ring (bicyclic) bond motifs is 1. The van der Waals surface area contributed by atoms with Gasteiger partial charge in [-0.1, -0.05) is 18.6 Å². The highest BCUT2D eigenvalue weighted by Gasteiger charge is 2.40. The van der Waals surface area contributed by atoms with Gasteiger partial charge in [-0.3, -0.25) is 4.79 Å². The molecule has 1 aliphatic carbocycles. The first-order valence-corrected chi connectivity index (χ1v) is 8.36. The summed E-state index contributed by atoms with van der Waals surface area (Å²) in [4.78, 5) is 14.4. The fourth-order valence-corrected chi connectivity index (χ4v) is 3.84. The number of aryl methyl sites for hydroxylation is 1. The molecule has 1 saturated carbocycles. The Balaban J connectivity index is 0.00000192. The first-order chi connectivity index (χ1) is 10.6. The number of nitrogens with two attached hydrogens (primary N) is 1. The van der Waals surface area contributed by atoms with Crippen molar-refractivity contribution in [1.82, 2.24) is 4.90 Å². The SMILES string of the molecule is Cc1cccc(OCCC(=O)N2CC3CCCC(N)C3C2)c1.Cl. The summed E-state index contributed by atoms with van der Waals surface area (Å²) in [5.74, 6) is 2.17. The highest BCUT2D eigenvalue weighted by Crippen LogP contribution is 2.35. The molecule has 23 heavy (non-hydrogen) atoms. The molecule has 0 bridgehead atoms. The third-order valence-electron chi connectivity index (χ3n) is 5.08. The Morgan fingerprint density at radius 3 is 2.91 bits per heavy atom. The molecular formula is C18H27ClN2O2. The van der Waals surface area contributed by atoms with E-state index in [2.05, 4.69) is 0 Å². The largest absolute Gasteiger partial charge is 0.493 e. The number of hydrogen-bond acceptors (Lipinski definition) is 3. The second-order valence-electron chi connectivity index (χ2n) is 6.73. The van der Waals surface area contributed by atoms with E-state index < -0.39 is 0 Å². The van der Waals surface area contributed by atoms with Gasteiger partial charge in [-0.2, -0.15) is 0 Å². The summed E-state index contributed by atoms with van der Waals surface area (Å²) < 4.78 is 5.68. The summed E-state index contributed by atoms with van der Waals surface area (Å²) in [6.45, 7) is 4.21. The maximum Gasteiger partial charge on any atom is 0.226 e. The average Bonchev–Trinajstić information content (AvgIpc) is 2.93. The van der Waals surface area contributed by atoms with Crippen molar-refractivity contribution in [3.63, 3.8) is 0 Å². The predicted molar refractivity (Wildman–Crippen MR) is 93.9 cm³/mol. The van der Waals surface area contributed by atoms with Crippen LogP contribution in [-0.4, -0.2) is 36.5 Å². The van der Waals surface area contributed by atoms with Crippen LogP contribution in [0.15, 0.2) is 24.3 Å². The van der Waals surface area contributed by atoms with E-state index in [1.165, 1.54) is 18.4 Å².